The average molecular weight is 258 g/mol. The molecule has 1 aromatic rings. The first-order valence-electron chi connectivity index (χ1n) is 5.95. The minimum absolute atomic E-state index is 0.614. The number of hydrogen-bond acceptors (Lipinski definition) is 3. The summed E-state index contributed by atoms with van der Waals surface area (Å²) in [5.41, 5.74) is 1.02. The molecule has 0 aromatic heterocycles. The maximum atomic E-state index is 6.18. The van der Waals surface area contributed by atoms with Gasteiger partial charge in [-0.2, -0.15) is 0 Å². The molecule has 0 amide bonds. The number of halogens is 1. The van der Waals surface area contributed by atoms with E-state index in [2.05, 4.69) is 12.2 Å². The summed E-state index contributed by atoms with van der Waals surface area (Å²) < 4.78 is 11.2. The van der Waals surface area contributed by atoms with Gasteiger partial charge < -0.3 is 14.8 Å². The molecule has 0 bridgehead atoms. The Kier molecular flexibility index (Phi) is 6.16. The molecule has 0 aliphatic heterocycles. The van der Waals surface area contributed by atoms with Crippen molar-refractivity contribution >= 4 is 11.6 Å². The standard InChI is InChI=1S/C13H20ClNO2/c1-4-6-17-13-8-11(14)10(9-15-3)7-12(13)16-5-2/h7-8,15H,4-6,9H2,1-3H3. The van der Waals surface area contributed by atoms with Crippen molar-refractivity contribution in [2.24, 2.45) is 0 Å². The van der Waals surface area contributed by atoms with Gasteiger partial charge in [0.1, 0.15) is 0 Å². The summed E-state index contributed by atoms with van der Waals surface area (Å²) in [5.74, 6) is 1.48. The molecule has 0 spiro atoms. The van der Waals surface area contributed by atoms with Crippen LogP contribution in [-0.2, 0) is 6.54 Å². The Morgan fingerprint density at radius 1 is 1.18 bits per heavy atom. The topological polar surface area (TPSA) is 30.5 Å². The zero-order valence-electron chi connectivity index (χ0n) is 10.7. The van der Waals surface area contributed by atoms with Crippen molar-refractivity contribution in [2.75, 3.05) is 20.3 Å². The third kappa shape index (κ3) is 4.10. The van der Waals surface area contributed by atoms with Crippen LogP contribution >= 0.6 is 11.6 Å². The summed E-state index contributed by atoms with van der Waals surface area (Å²) in [6, 6.07) is 3.77. The molecular weight excluding hydrogens is 238 g/mol. The second-order valence-corrected chi connectivity index (χ2v) is 4.11. The van der Waals surface area contributed by atoms with Gasteiger partial charge in [0.25, 0.3) is 0 Å². The molecule has 1 aromatic carbocycles. The van der Waals surface area contributed by atoms with Crippen LogP contribution in [-0.4, -0.2) is 20.3 Å². The molecule has 17 heavy (non-hydrogen) atoms. The average Bonchev–Trinajstić information content (AvgIpc) is 2.32. The van der Waals surface area contributed by atoms with E-state index in [0.717, 1.165) is 23.5 Å². The van der Waals surface area contributed by atoms with Crippen LogP contribution in [0.2, 0.25) is 5.02 Å². The second-order valence-electron chi connectivity index (χ2n) is 3.70. The van der Waals surface area contributed by atoms with Gasteiger partial charge in [-0.25, -0.2) is 0 Å². The zero-order chi connectivity index (χ0) is 12.7. The smallest absolute Gasteiger partial charge is 0.162 e. The molecule has 0 unspecified atom stereocenters. The molecule has 0 radical (unpaired) electrons. The monoisotopic (exact) mass is 257 g/mol. The summed E-state index contributed by atoms with van der Waals surface area (Å²) in [7, 11) is 1.89. The maximum absolute atomic E-state index is 6.18. The summed E-state index contributed by atoms with van der Waals surface area (Å²) in [6.07, 6.45) is 0.960. The fourth-order valence-corrected chi connectivity index (χ4v) is 1.72. The Balaban J connectivity index is 2.97. The normalized spacial score (nSPS) is 10.4. The SMILES string of the molecule is CCCOc1cc(Cl)c(CNC)cc1OCC. The molecule has 3 nitrogen and oxygen atoms in total. The Labute approximate surface area is 108 Å². The minimum Gasteiger partial charge on any atom is -0.490 e. The van der Waals surface area contributed by atoms with Gasteiger partial charge in [-0.1, -0.05) is 18.5 Å². The molecule has 0 aliphatic rings. The van der Waals surface area contributed by atoms with Crippen LogP contribution in [0.3, 0.4) is 0 Å². The van der Waals surface area contributed by atoms with Gasteiger partial charge in [-0.05, 0) is 32.0 Å². The summed E-state index contributed by atoms with van der Waals surface area (Å²) in [6.45, 7) is 6.02. The summed E-state index contributed by atoms with van der Waals surface area (Å²) >= 11 is 6.18. The van der Waals surface area contributed by atoms with Crippen LogP contribution in [0.4, 0.5) is 0 Å². The third-order valence-corrected chi connectivity index (χ3v) is 2.59. The van der Waals surface area contributed by atoms with Crippen LogP contribution in [0.15, 0.2) is 12.1 Å². The van der Waals surface area contributed by atoms with E-state index in [-0.39, 0.29) is 0 Å². The molecule has 0 aliphatic carbocycles. The molecule has 0 saturated carbocycles. The number of nitrogens with one attached hydrogen (secondary N) is 1. The highest BCUT2D eigenvalue weighted by Gasteiger charge is 2.10. The van der Waals surface area contributed by atoms with E-state index in [1.807, 2.05) is 26.1 Å². The van der Waals surface area contributed by atoms with Crippen LogP contribution in [0.1, 0.15) is 25.8 Å². The lowest BCUT2D eigenvalue weighted by atomic mass is 10.2. The number of benzene rings is 1. The highest BCUT2D eigenvalue weighted by molar-refractivity contribution is 6.31. The summed E-state index contributed by atoms with van der Waals surface area (Å²) in [4.78, 5) is 0. The van der Waals surface area contributed by atoms with Gasteiger partial charge in [-0.15, -0.1) is 0 Å². The zero-order valence-corrected chi connectivity index (χ0v) is 11.4. The van der Waals surface area contributed by atoms with Gasteiger partial charge in [0.05, 0.1) is 13.2 Å². The molecule has 1 N–H and O–H groups in total. The van der Waals surface area contributed by atoms with E-state index in [1.165, 1.54) is 0 Å². The van der Waals surface area contributed by atoms with Gasteiger partial charge in [-0.3, -0.25) is 0 Å². The van der Waals surface area contributed by atoms with Crippen LogP contribution < -0.4 is 14.8 Å². The van der Waals surface area contributed by atoms with Crippen molar-refractivity contribution in [1.29, 1.82) is 0 Å². The van der Waals surface area contributed by atoms with Gasteiger partial charge in [0, 0.05) is 17.6 Å². The molecule has 96 valence electrons. The van der Waals surface area contributed by atoms with E-state index in [0.29, 0.717) is 24.8 Å². The van der Waals surface area contributed by atoms with E-state index in [1.54, 1.807) is 0 Å². The van der Waals surface area contributed by atoms with Crippen molar-refractivity contribution in [1.82, 2.24) is 5.32 Å². The molecule has 0 heterocycles. The van der Waals surface area contributed by atoms with Gasteiger partial charge in [0.15, 0.2) is 11.5 Å². The lowest BCUT2D eigenvalue weighted by Gasteiger charge is -2.14. The summed E-state index contributed by atoms with van der Waals surface area (Å²) in [5, 5.41) is 3.78. The highest BCUT2D eigenvalue weighted by Crippen LogP contribution is 2.33. The lowest BCUT2D eigenvalue weighted by molar-refractivity contribution is 0.276. The van der Waals surface area contributed by atoms with Crippen molar-refractivity contribution < 1.29 is 9.47 Å². The largest absolute Gasteiger partial charge is 0.490 e. The van der Waals surface area contributed by atoms with Crippen molar-refractivity contribution in [3.63, 3.8) is 0 Å². The molecule has 1 rings (SSSR count). The molecule has 0 atom stereocenters. The molecule has 0 fully saturated rings. The van der Waals surface area contributed by atoms with E-state index in [9.17, 15) is 0 Å². The fraction of sp³-hybridized carbons (Fsp3) is 0.538. The predicted molar refractivity (Wildman–Crippen MR) is 71.2 cm³/mol. The first-order chi connectivity index (χ1) is 8.22. The van der Waals surface area contributed by atoms with E-state index < -0.39 is 0 Å². The Bertz CT molecular complexity index is 356. The number of hydrogen-bond donors (Lipinski definition) is 1. The van der Waals surface area contributed by atoms with Crippen LogP contribution in [0, 0.1) is 0 Å². The Morgan fingerprint density at radius 2 is 1.88 bits per heavy atom. The Morgan fingerprint density at radius 3 is 2.47 bits per heavy atom. The quantitative estimate of drug-likeness (QED) is 0.813. The van der Waals surface area contributed by atoms with Crippen molar-refractivity contribution in [3.8, 4) is 11.5 Å². The molecule has 0 saturated heterocycles. The van der Waals surface area contributed by atoms with Crippen LogP contribution in [0.25, 0.3) is 0 Å². The van der Waals surface area contributed by atoms with Gasteiger partial charge in [0.2, 0.25) is 0 Å². The number of ether oxygens (including phenoxy) is 2. The molecule has 4 heteroatoms. The van der Waals surface area contributed by atoms with E-state index in [4.69, 9.17) is 21.1 Å². The minimum atomic E-state index is 0.614. The van der Waals surface area contributed by atoms with Crippen molar-refractivity contribution in [2.45, 2.75) is 26.8 Å². The van der Waals surface area contributed by atoms with Crippen molar-refractivity contribution in [3.05, 3.63) is 22.7 Å². The highest BCUT2D eigenvalue weighted by atomic mass is 35.5. The van der Waals surface area contributed by atoms with E-state index >= 15 is 0 Å². The fourth-order valence-electron chi connectivity index (χ4n) is 1.50. The first kappa shape index (κ1) is 14.1. The maximum Gasteiger partial charge on any atom is 0.162 e. The lowest BCUT2D eigenvalue weighted by Crippen LogP contribution is -2.07. The third-order valence-electron chi connectivity index (χ3n) is 2.24. The Hall–Kier alpha value is -0.930. The molecular formula is C13H20ClNO2. The first-order valence-corrected chi connectivity index (χ1v) is 6.33. The van der Waals surface area contributed by atoms with Crippen LogP contribution in [0.5, 0.6) is 11.5 Å². The number of rotatable bonds is 7. The predicted octanol–water partition coefficient (Wildman–Crippen LogP) is 3.25. The second kappa shape index (κ2) is 7.41. The van der Waals surface area contributed by atoms with Gasteiger partial charge >= 0.3 is 0 Å².